The molecule has 1 aromatic heterocycles. The molecule has 2 aliphatic heterocycles. The van der Waals surface area contributed by atoms with Gasteiger partial charge in [-0.1, -0.05) is 33.6 Å². The van der Waals surface area contributed by atoms with Gasteiger partial charge >= 0.3 is 0 Å². The molecule has 2 fully saturated rings. The standard InChI is InChI=1S/C19H22BrCl2N3O2/c1-12-23-15(24-7-4-19(5-8-24)6-9-27-11-19)10-16(26)25(12)14-3-2-13(20)17(21)18(14)22/h2-3,10,13,17H,4-9,11H2,1H3. The Labute approximate surface area is 177 Å². The first-order chi connectivity index (χ1) is 12.9. The maximum atomic E-state index is 12.9. The van der Waals surface area contributed by atoms with Crippen molar-refractivity contribution in [3.8, 4) is 0 Å². The first kappa shape index (κ1) is 19.5. The smallest absolute Gasteiger partial charge is 0.260 e. The minimum atomic E-state index is -0.412. The van der Waals surface area contributed by atoms with Gasteiger partial charge in [0.15, 0.2) is 0 Å². The molecule has 1 aliphatic carbocycles. The number of nitrogens with zero attached hydrogens (tertiary/aromatic N) is 3. The van der Waals surface area contributed by atoms with Crippen molar-refractivity contribution in [2.45, 2.75) is 36.4 Å². The zero-order chi connectivity index (χ0) is 19.2. The van der Waals surface area contributed by atoms with E-state index < -0.39 is 5.38 Å². The van der Waals surface area contributed by atoms with E-state index in [2.05, 4.69) is 20.8 Å². The highest BCUT2D eigenvalue weighted by Crippen LogP contribution is 2.40. The molecule has 27 heavy (non-hydrogen) atoms. The third-order valence-corrected chi connectivity index (χ3v) is 8.02. The van der Waals surface area contributed by atoms with Crippen molar-refractivity contribution in [3.63, 3.8) is 0 Å². The molecule has 0 aromatic carbocycles. The van der Waals surface area contributed by atoms with Crippen LogP contribution in [0.15, 0.2) is 28.0 Å². The predicted octanol–water partition coefficient (Wildman–Crippen LogP) is 3.91. The fourth-order valence-electron chi connectivity index (χ4n) is 4.11. The van der Waals surface area contributed by atoms with E-state index in [-0.39, 0.29) is 10.4 Å². The molecule has 3 heterocycles. The molecule has 0 amide bonds. The lowest BCUT2D eigenvalue weighted by Crippen LogP contribution is -2.41. The topological polar surface area (TPSA) is 47.4 Å². The van der Waals surface area contributed by atoms with Gasteiger partial charge in [-0.05, 0) is 37.7 Å². The minimum absolute atomic E-state index is 0.0566. The average molecular weight is 475 g/mol. The van der Waals surface area contributed by atoms with E-state index >= 15 is 0 Å². The second-order valence-electron chi connectivity index (χ2n) is 7.56. The molecule has 1 spiro atoms. The molecule has 0 N–H and O–H groups in total. The van der Waals surface area contributed by atoms with Crippen LogP contribution in [-0.4, -0.2) is 46.1 Å². The van der Waals surface area contributed by atoms with Crippen LogP contribution in [0.2, 0.25) is 0 Å². The van der Waals surface area contributed by atoms with Crippen LogP contribution in [0.5, 0.6) is 0 Å². The number of aromatic nitrogens is 2. The van der Waals surface area contributed by atoms with Crippen molar-refractivity contribution in [2.75, 3.05) is 31.2 Å². The van der Waals surface area contributed by atoms with E-state index in [1.54, 1.807) is 6.07 Å². The summed E-state index contributed by atoms with van der Waals surface area (Å²) >= 11 is 16.2. The molecule has 0 bridgehead atoms. The third kappa shape index (κ3) is 3.61. The fraction of sp³-hybridized carbons (Fsp3) is 0.579. The largest absolute Gasteiger partial charge is 0.381 e. The van der Waals surface area contributed by atoms with Gasteiger partial charge < -0.3 is 9.64 Å². The number of hydrogen-bond acceptors (Lipinski definition) is 4. The lowest BCUT2D eigenvalue weighted by Gasteiger charge is -2.39. The van der Waals surface area contributed by atoms with Crippen LogP contribution in [0.1, 0.15) is 25.1 Å². The van der Waals surface area contributed by atoms with Crippen LogP contribution in [0.25, 0.3) is 5.70 Å². The van der Waals surface area contributed by atoms with E-state index in [4.69, 9.17) is 32.9 Å². The molecule has 0 saturated carbocycles. The van der Waals surface area contributed by atoms with Crippen LogP contribution in [0.3, 0.4) is 0 Å². The number of anilines is 1. The number of hydrogen-bond donors (Lipinski definition) is 0. The predicted molar refractivity (Wildman–Crippen MR) is 113 cm³/mol. The molecule has 5 nitrogen and oxygen atoms in total. The van der Waals surface area contributed by atoms with E-state index in [0.29, 0.717) is 22.0 Å². The quantitative estimate of drug-likeness (QED) is 0.609. The first-order valence-corrected chi connectivity index (χ1v) is 10.9. The van der Waals surface area contributed by atoms with Crippen LogP contribution >= 0.6 is 39.1 Å². The summed E-state index contributed by atoms with van der Waals surface area (Å²) in [5.74, 6) is 1.34. The highest BCUT2D eigenvalue weighted by molar-refractivity contribution is 9.09. The summed E-state index contributed by atoms with van der Waals surface area (Å²) in [6, 6.07) is 1.60. The zero-order valence-corrected chi connectivity index (χ0v) is 18.2. The Hall–Kier alpha value is -0.820. The molecule has 4 rings (SSSR count). The Bertz CT molecular complexity index is 851. The van der Waals surface area contributed by atoms with Crippen LogP contribution in [0.4, 0.5) is 5.82 Å². The number of alkyl halides is 2. The van der Waals surface area contributed by atoms with Gasteiger partial charge in [0.2, 0.25) is 0 Å². The van der Waals surface area contributed by atoms with E-state index in [0.717, 1.165) is 51.4 Å². The SMILES string of the molecule is Cc1nc(N2CCC3(CCOC3)CC2)cc(=O)n1C1=C(Cl)C(Cl)C(Br)C=C1. The molecule has 2 atom stereocenters. The van der Waals surface area contributed by atoms with Gasteiger partial charge in [-0.25, -0.2) is 4.98 Å². The monoisotopic (exact) mass is 473 g/mol. The van der Waals surface area contributed by atoms with Crippen molar-refractivity contribution in [2.24, 2.45) is 5.41 Å². The van der Waals surface area contributed by atoms with Gasteiger partial charge in [0, 0.05) is 25.8 Å². The highest BCUT2D eigenvalue weighted by atomic mass is 79.9. The second kappa shape index (κ2) is 7.54. The molecule has 3 aliphatic rings. The average Bonchev–Trinajstić information content (AvgIpc) is 3.09. The summed E-state index contributed by atoms with van der Waals surface area (Å²) in [5.41, 5.74) is 0.777. The Morgan fingerprint density at radius 3 is 2.70 bits per heavy atom. The molecule has 2 unspecified atom stereocenters. The Kier molecular flexibility index (Phi) is 5.45. The van der Waals surface area contributed by atoms with Crippen molar-refractivity contribution >= 4 is 50.6 Å². The summed E-state index contributed by atoms with van der Waals surface area (Å²) in [6.07, 6.45) is 7.02. The molecule has 8 heteroatoms. The fourth-order valence-corrected chi connectivity index (χ4v) is 5.16. The van der Waals surface area contributed by atoms with E-state index in [1.807, 2.05) is 19.1 Å². The summed E-state index contributed by atoms with van der Waals surface area (Å²) in [6.45, 7) is 5.36. The van der Waals surface area contributed by atoms with E-state index in [1.165, 1.54) is 4.57 Å². The normalized spacial score (nSPS) is 27.6. The van der Waals surface area contributed by atoms with Crippen molar-refractivity contribution < 1.29 is 4.74 Å². The highest BCUT2D eigenvalue weighted by Gasteiger charge is 2.38. The first-order valence-electron chi connectivity index (χ1n) is 9.20. The summed E-state index contributed by atoms with van der Waals surface area (Å²) in [4.78, 5) is 19.7. The molecule has 146 valence electrons. The van der Waals surface area contributed by atoms with E-state index in [9.17, 15) is 4.79 Å². The summed E-state index contributed by atoms with van der Waals surface area (Å²) in [5, 5.41) is 0.0338. The lowest BCUT2D eigenvalue weighted by molar-refractivity contribution is 0.133. The summed E-state index contributed by atoms with van der Waals surface area (Å²) in [7, 11) is 0. The maximum absolute atomic E-state index is 12.9. The van der Waals surface area contributed by atoms with Gasteiger partial charge in [-0.15, -0.1) is 11.6 Å². The zero-order valence-electron chi connectivity index (χ0n) is 15.1. The Morgan fingerprint density at radius 2 is 2.07 bits per heavy atom. The molecular formula is C19H22BrCl2N3O2. The van der Waals surface area contributed by atoms with Gasteiger partial charge in [0.1, 0.15) is 11.6 Å². The van der Waals surface area contributed by atoms with Gasteiger partial charge in [-0.2, -0.15) is 0 Å². The molecule has 0 radical (unpaired) electrons. The minimum Gasteiger partial charge on any atom is -0.381 e. The van der Waals surface area contributed by atoms with Crippen molar-refractivity contribution in [1.29, 1.82) is 0 Å². The Morgan fingerprint density at radius 1 is 1.33 bits per heavy atom. The van der Waals surface area contributed by atoms with Crippen molar-refractivity contribution in [1.82, 2.24) is 9.55 Å². The Balaban J connectivity index is 1.60. The number of aryl methyl sites for hydroxylation is 1. The number of piperidine rings is 1. The van der Waals surface area contributed by atoms with Crippen molar-refractivity contribution in [3.05, 3.63) is 39.4 Å². The second-order valence-corrected chi connectivity index (χ2v) is 9.50. The number of rotatable bonds is 2. The summed E-state index contributed by atoms with van der Waals surface area (Å²) < 4.78 is 7.14. The van der Waals surface area contributed by atoms with Crippen LogP contribution in [0, 0.1) is 12.3 Å². The molecular weight excluding hydrogens is 453 g/mol. The van der Waals surface area contributed by atoms with Crippen LogP contribution in [-0.2, 0) is 4.74 Å². The molecule has 1 aromatic rings. The lowest BCUT2D eigenvalue weighted by atomic mass is 9.78. The molecule has 2 saturated heterocycles. The number of ether oxygens (including phenoxy) is 1. The van der Waals surface area contributed by atoms with Gasteiger partial charge in [-0.3, -0.25) is 9.36 Å². The van der Waals surface area contributed by atoms with Gasteiger partial charge in [0.25, 0.3) is 5.56 Å². The van der Waals surface area contributed by atoms with Gasteiger partial charge in [0.05, 0.1) is 27.5 Å². The van der Waals surface area contributed by atoms with Crippen LogP contribution < -0.4 is 10.5 Å². The number of allylic oxidation sites excluding steroid dienone is 4. The number of halogens is 3. The maximum Gasteiger partial charge on any atom is 0.260 e. The third-order valence-electron chi connectivity index (χ3n) is 5.85.